The molecule has 1 aliphatic rings. The molecule has 1 saturated carbocycles. The molecule has 0 aliphatic heterocycles. The molecule has 0 aromatic carbocycles. The topological polar surface area (TPSA) is 62.1 Å². The maximum Gasteiger partial charge on any atom is 0.408 e. The summed E-state index contributed by atoms with van der Waals surface area (Å²) in [6.07, 6.45) is 1.39. The molecule has 1 amide bonds. The van der Waals surface area contributed by atoms with E-state index in [0.717, 1.165) is 12.8 Å². The highest BCUT2D eigenvalue weighted by molar-refractivity contribution is 5.69. The van der Waals surface area contributed by atoms with E-state index in [4.69, 9.17) is 10.5 Å². The molecule has 0 aromatic heterocycles. The van der Waals surface area contributed by atoms with Gasteiger partial charge in [0.25, 0.3) is 0 Å². The quantitative estimate of drug-likeness (QED) is 0.705. The molecule has 4 nitrogen and oxygen atoms in total. The van der Waals surface area contributed by atoms with Gasteiger partial charge >= 0.3 is 6.09 Å². The average Bonchev–Trinajstić information content (AvgIpc) is 2.65. The molecular formula is C9H17N2O2. The summed E-state index contributed by atoms with van der Waals surface area (Å²) >= 11 is 0. The van der Waals surface area contributed by atoms with Crippen LogP contribution in [-0.2, 0) is 4.74 Å². The Morgan fingerprint density at radius 3 is 2.38 bits per heavy atom. The molecule has 0 atom stereocenters. The van der Waals surface area contributed by atoms with Crippen LogP contribution in [0.25, 0.3) is 0 Å². The molecule has 0 spiro atoms. The number of carbonyl (C=O) groups is 1. The zero-order chi connectivity index (χ0) is 10.1. The number of amides is 1. The summed E-state index contributed by atoms with van der Waals surface area (Å²) < 4.78 is 5.08. The lowest BCUT2D eigenvalue weighted by atomic mass is 10.2. The highest BCUT2D eigenvalue weighted by Crippen LogP contribution is 2.34. The van der Waals surface area contributed by atoms with Gasteiger partial charge in [-0.3, -0.25) is 5.73 Å². The minimum Gasteiger partial charge on any atom is -0.444 e. The van der Waals surface area contributed by atoms with Gasteiger partial charge in [0, 0.05) is 6.54 Å². The highest BCUT2D eigenvalue weighted by Gasteiger charge is 2.43. The van der Waals surface area contributed by atoms with Crippen molar-refractivity contribution in [3.63, 3.8) is 0 Å². The normalized spacial score (nSPS) is 19.4. The van der Waals surface area contributed by atoms with Crippen LogP contribution in [0.4, 0.5) is 4.79 Å². The van der Waals surface area contributed by atoms with Crippen molar-refractivity contribution in [2.45, 2.75) is 44.8 Å². The second kappa shape index (κ2) is 3.18. The fraction of sp³-hybridized carbons (Fsp3) is 0.889. The lowest BCUT2D eigenvalue weighted by Crippen LogP contribution is -2.43. The van der Waals surface area contributed by atoms with Crippen molar-refractivity contribution < 1.29 is 9.53 Å². The summed E-state index contributed by atoms with van der Waals surface area (Å²) in [4.78, 5) is 11.3. The van der Waals surface area contributed by atoms with Gasteiger partial charge in [0.15, 0.2) is 0 Å². The van der Waals surface area contributed by atoms with Crippen LogP contribution in [0.3, 0.4) is 0 Å². The monoisotopic (exact) mass is 185 g/mol. The summed E-state index contributed by atoms with van der Waals surface area (Å²) in [7, 11) is 0. The minimum atomic E-state index is -0.456. The molecule has 75 valence electrons. The predicted molar refractivity (Wildman–Crippen MR) is 49.3 cm³/mol. The Balaban J connectivity index is 2.34. The van der Waals surface area contributed by atoms with E-state index in [0.29, 0.717) is 0 Å². The first-order valence-corrected chi connectivity index (χ1v) is 4.53. The summed E-state index contributed by atoms with van der Waals surface area (Å²) in [5, 5.41) is 2.72. The van der Waals surface area contributed by atoms with E-state index in [1.54, 1.807) is 0 Å². The summed E-state index contributed by atoms with van der Waals surface area (Å²) in [5.41, 5.74) is 6.49. The summed E-state index contributed by atoms with van der Waals surface area (Å²) in [5.74, 6) is 0. The Labute approximate surface area is 78.8 Å². The standard InChI is InChI=1S/C9H17N2O2/c1-8(2,3)13-7(12)11-9(6-10)4-5-9/h10H,4-6H2,1-3H3,(H,11,12). The fourth-order valence-electron chi connectivity index (χ4n) is 1.02. The Morgan fingerprint density at radius 1 is 1.54 bits per heavy atom. The van der Waals surface area contributed by atoms with Crippen molar-refractivity contribution in [1.29, 1.82) is 0 Å². The third kappa shape index (κ3) is 3.22. The van der Waals surface area contributed by atoms with Crippen LogP contribution in [0, 0.1) is 0 Å². The van der Waals surface area contributed by atoms with Gasteiger partial charge < -0.3 is 10.1 Å². The molecule has 0 bridgehead atoms. The van der Waals surface area contributed by atoms with Crippen LogP contribution in [-0.4, -0.2) is 23.8 Å². The van der Waals surface area contributed by atoms with E-state index >= 15 is 0 Å². The van der Waals surface area contributed by atoms with Gasteiger partial charge in [0.1, 0.15) is 5.60 Å². The number of ether oxygens (including phenoxy) is 1. The van der Waals surface area contributed by atoms with Gasteiger partial charge in [0.2, 0.25) is 0 Å². The molecule has 1 rings (SSSR count). The molecule has 0 heterocycles. The van der Waals surface area contributed by atoms with Crippen molar-refractivity contribution in [2.75, 3.05) is 6.54 Å². The van der Waals surface area contributed by atoms with E-state index in [1.165, 1.54) is 0 Å². The van der Waals surface area contributed by atoms with Crippen molar-refractivity contribution >= 4 is 6.09 Å². The molecule has 13 heavy (non-hydrogen) atoms. The van der Waals surface area contributed by atoms with Crippen LogP contribution in [0.2, 0.25) is 0 Å². The third-order valence-electron chi connectivity index (χ3n) is 1.96. The largest absolute Gasteiger partial charge is 0.444 e. The number of nitrogens with one attached hydrogen (secondary N) is 2. The van der Waals surface area contributed by atoms with E-state index in [9.17, 15) is 4.79 Å². The highest BCUT2D eigenvalue weighted by atomic mass is 16.6. The third-order valence-corrected chi connectivity index (χ3v) is 1.96. The minimum absolute atomic E-state index is 0.242. The number of carbonyl (C=O) groups excluding carboxylic acids is 1. The number of hydrogen-bond donors (Lipinski definition) is 1. The van der Waals surface area contributed by atoms with Gasteiger partial charge in [-0.05, 0) is 33.6 Å². The molecule has 1 radical (unpaired) electrons. The second-order valence-corrected chi connectivity index (χ2v) is 4.58. The first-order chi connectivity index (χ1) is 5.87. The first-order valence-electron chi connectivity index (χ1n) is 4.53. The SMILES string of the molecule is CC(C)(C)OC(=O)NC1(C[NH])CC1. The van der Waals surface area contributed by atoms with Crippen LogP contribution in [0.15, 0.2) is 0 Å². The lowest BCUT2D eigenvalue weighted by molar-refractivity contribution is 0.0498. The van der Waals surface area contributed by atoms with Gasteiger partial charge in [-0.1, -0.05) is 0 Å². The van der Waals surface area contributed by atoms with Gasteiger partial charge in [0.05, 0.1) is 5.54 Å². The summed E-state index contributed by atoms with van der Waals surface area (Å²) in [6.45, 7) is 5.72. The van der Waals surface area contributed by atoms with Gasteiger partial charge in [-0.15, -0.1) is 0 Å². The number of rotatable bonds is 2. The van der Waals surface area contributed by atoms with E-state index in [1.807, 2.05) is 20.8 Å². The molecule has 2 N–H and O–H groups in total. The fourth-order valence-corrected chi connectivity index (χ4v) is 1.02. The molecule has 1 fully saturated rings. The van der Waals surface area contributed by atoms with E-state index < -0.39 is 11.7 Å². The zero-order valence-electron chi connectivity index (χ0n) is 8.44. The van der Waals surface area contributed by atoms with Crippen molar-refractivity contribution in [2.24, 2.45) is 0 Å². The van der Waals surface area contributed by atoms with Gasteiger partial charge in [-0.2, -0.15) is 0 Å². The molecule has 0 saturated heterocycles. The van der Waals surface area contributed by atoms with Crippen molar-refractivity contribution in [3.05, 3.63) is 0 Å². The second-order valence-electron chi connectivity index (χ2n) is 4.58. The first kappa shape index (κ1) is 10.3. The molecule has 0 aromatic rings. The van der Waals surface area contributed by atoms with Crippen LogP contribution >= 0.6 is 0 Å². The Morgan fingerprint density at radius 2 is 2.08 bits per heavy atom. The average molecular weight is 185 g/mol. The molecule has 4 heteroatoms. The zero-order valence-corrected chi connectivity index (χ0v) is 8.44. The number of hydrogen-bond acceptors (Lipinski definition) is 2. The van der Waals surface area contributed by atoms with Crippen LogP contribution < -0.4 is 11.1 Å². The molecule has 1 aliphatic carbocycles. The van der Waals surface area contributed by atoms with Crippen molar-refractivity contribution in [3.8, 4) is 0 Å². The maximum absolute atomic E-state index is 11.3. The van der Waals surface area contributed by atoms with Crippen LogP contribution in [0.1, 0.15) is 33.6 Å². The lowest BCUT2D eigenvalue weighted by Gasteiger charge is -2.22. The summed E-state index contributed by atoms with van der Waals surface area (Å²) in [6, 6.07) is 0. The predicted octanol–water partition coefficient (Wildman–Crippen LogP) is 1.33. The maximum atomic E-state index is 11.3. The number of alkyl carbamates (subject to hydrolysis) is 1. The Hall–Kier alpha value is -0.770. The van der Waals surface area contributed by atoms with Gasteiger partial charge in [-0.25, -0.2) is 4.79 Å². The van der Waals surface area contributed by atoms with Crippen molar-refractivity contribution in [1.82, 2.24) is 11.1 Å². The van der Waals surface area contributed by atoms with E-state index in [-0.39, 0.29) is 12.1 Å². The Kier molecular flexibility index (Phi) is 2.52. The Bertz CT molecular complexity index is 204. The smallest absolute Gasteiger partial charge is 0.408 e. The molecular weight excluding hydrogens is 168 g/mol. The van der Waals surface area contributed by atoms with Crippen LogP contribution in [0.5, 0.6) is 0 Å². The van der Waals surface area contributed by atoms with E-state index in [2.05, 4.69) is 5.32 Å². The molecule has 0 unspecified atom stereocenters.